The van der Waals surface area contributed by atoms with Gasteiger partial charge in [0.15, 0.2) is 0 Å². The topological polar surface area (TPSA) is 42.7 Å². The lowest BCUT2D eigenvalue weighted by Gasteiger charge is -1.91. The molecule has 0 aliphatic rings. The van der Waals surface area contributed by atoms with Crippen LogP contribution in [0.15, 0.2) is 12.4 Å². The summed E-state index contributed by atoms with van der Waals surface area (Å²) in [5.74, 6) is 0. The van der Waals surface area contributed by atoms with Crippen LogP contribution in [-0.4, -0.2) is 21.8 Å². The van der Waals surface area contributed by atoms with E-state index in [9.17, 15) is 0 Å². The number of thiazole rings is 1. The van der Waals surface area contributed by atoms with Crippen LogP contribution >= 0.6 is 11.3 Å². The molecule has 0 spiro atoms. The zero-order chi connectivity index (χ0) is 10.8. The summed E-state index contributed by atoms with van der Waals surface area (Å²) in [6.45, 7) is 2.88. The predicted molar refractivity (Wildman–Crippen MR) is 61.8 cm³/mol. The van der Waals surface area contributed by atoms with Gasteiger partial charge < -0.3 is 5.32 Å². The Labute approximate surface area is 93.0 Å². The third-order valence-electron chi connectivity index (χ3n) is 2.15. The molecule has 15 heavy (non-hydrogen) atoms. The van der Waals surface area contributed by atoms with E-state index in [1.54, 1.807) is 11.3 Å². The molecular weight excluding hydrogens is 208 g/mol. The van der Waals surface area contributed by atoms with Crippen molar-refractivity contribution in [2.24, 2.45) is 7.05 Å². The Bertz CT molecular complexity index is 458. The first kappa shape index (κ1) is 10.3. The highest BCUT2D eigenvalue weighted by molar-refractivity contribution is 7.15. The molecular formula is C10H14N4S. The van der Waals surface area contributed by atoms with Crippen molar-refractivity contribution < 1.29 is 0 Å². The lowest BCUT2D eigenvalue weighted by molar-refractivity contribution is 0.756. The Morgan fingerprint density at radius 2 is 2.33 bits per heavy atom. The summed E-state index contributed by atoms with van der Waals surface area (Å²) in [6.07, 6.45) is 3.93. The Morgan fingerprint density at radius 1 is 1.53 bits per heavy atom. The summed E-state index contributed by atoms with van der Waals surface area (Å²) < 4.78 is 1.82. The summed E-state index contributed by atoms with van der Waals surface area (Å²) in [5.41, 5.74) is 2.16. The second-order valence-electron chi connectivity index (χ2n) is 3.46. The maximum absolute atomic E-state index is 4.40. The highest BCUT2D eigenvalue weighted by atomic mass is 32.1. The fraction of sp³-hybridized carbons (Fsp3) is 0.400. The number of nitrogens with zero attached hydrogens (tertiary/aromatic N) is 3. The van der Waals surface area contributed by atoms with Crippen molar-refractivity contribution in [2.45, 2.75) is 13.5 Å². The fourth-order valence-electron chi connectivity index (χ4n) is 1.50. The van der Waals surface area contributed by atoms with Gasteiger partial charge in [-0.2, -0.15) is 5.10 Å². The zero-order valence-electron chi connectivity index (χ0n) is 9.11. The molecule has 0 aromatic carbocycles. The lowest BCUT2D eigenvalue weighted by atomic mass is 10.3. The number of aromatic nitrogens is 3. The maximum Gasteiger partial charge on any atom is 0.127 e. The van der Waals surface area contributed by atoms with E-state index < -0.39 is 0 Å². The number of hydrogen-bond donors (Lipinski definition) is 1. The number of aryl methyl sites for hydroxylation is 2. The molecule has 4 nitrogen and oxygen atoms in total. The van der Waals surface area contributed by atoms with Crippen molar-refractivity contribution in [3.05, 3.63) is 23.0 Å². The van der Waals surface area contributed by atoms with Crippen LogP contribution in [0, 0.1) is 6.92 Å². The summed E-state index contributed by atoms with van der Waals surface area (Å²) in [5, 5.41) is 8.48. The molecule has 0 unspecified atom stereocenters. The van der Waals surface area contributed by atoms with Crippen LogP contribution in [0.2, 0.25) is 0 Å². The van der Waals surface area contributed by atoms with E-state index >= 15 is 0 Å². The minimum Gasteiger partial charge on any atom is -0.315 e. The van der Waals surface area contributed by atoms with Gasteiger partial charge in [-0.25, -0.2) is 4.98 Å². The normalized spacial score (nSPS) is 10.9. The van der Waals surface area contributed by atoms with Gasteiger partial charge in [-0.05, 0) is 14.0 Å². The summed E-state index contributed by atoms with van der Waals surface area (Å²) in [4.78, 5) is 5.65. The van der Waals surface area contributed by atoms with Crippen LogP contribution in [0.5, 0.6) is 0 Å². The van der Waals surface area contributed by atoms with E-state index in [2.05, 4.69) is 15.4 Å². The molecule has 2 heterocycles. The minimum atomic E-state index is 0.872. The quantitative estimate of drug-likeness (QED) is 0.857. The highest BCUT2D eigenvalue weighted by Crippen LogP contribution is 2.26. The predicted octanol–water partition coefficient (Wildman–Crippen LogP) is 1.57. The maximum atomic E-state index is 4.40. The first-order valence-electron chi connectivity index (χ1n) is 4.80. The number of hydrogen-bond acceptors (Lipinski definition) is 4. The van der Waals surface area contributed by atoms with E-state index in [-0.39, 0.29) is 0 Å². The molecule has 2 rings (SSSR count). The average Bonchev–Trinajstić information content (AvgIpc) is 2.73. The second-order valence-corrected chi connectivity index (χ2v) is 4.58. The second kappa shape index (κ2) is 4.12. The molecule has 2 aromatic heterocycles. The number of rotatable bonds is 3. The van der Waals surface area contributed by atoms with Crippen LogP contribution < -0.4 is 5.32 Å². The first-order chi connectivity index (χ1) is 7.20. The van der Waals surface area contributed by atoms with Crippen molar-refractivity contribution in [3.8, 4) is 10.6 Å². The van der Waals surface area contributed by atoms with Crippen molar-refractivity contribution >= 4 is 11.3 Å². The highest BCUT2D eigenvalue weighted by Gasteiger charge is 2.09. The van der Waals surface area contributed by atoms with Gasteiger partial charge in [0.2, 0.25) is 0 Å². The van der Waals surface area contributed by atoms with Crippen molar-refractivity contribution in [1.82, 2.24) is 20.1 Å². The number of nitrogens with one attached hydrogen (secondary N) is 1. The third kappa shape index (κ3) is 2.08. The Hall–Kier alpha value is -1.20. The van der Waals surface area contributed by atoms with E-state index in [1.165, 1.54) is 4.88 Å². The van der Waals surface area contributed by atoms with Gasteiger partial charge in [0.05, 0.1) is 11.3 Å². The minimum absolute atomic E-state index is 0.872. The van der Waals surface area contributed by atoms with Gasteiger partial charge >= 0.3 is 0 Å². The van der Waals surface area contributed by atoms with Crippen molar-refractivity contribution in [2.75, 3.05) is 7.05 Å². The standard InChI is InChI=1S/C10H14N4S/c1-7-9(6-14(3)13-7)10-12-5-8(15-10)4-11-2/h5-6,11H,4H2,1-3H3. The van der Waals surface area contributed by atoms with Gasteiger partial charge in [0.25, 0.3) is 0 Å². The molecule has 0 atom stereocenters. The first-order valence-corrected chi connectivity index (χ1v) is 5.62. The molecule has 0 radical (unpaired) electrons. The van der Waals surface area contributed by atoms with Crippen LogP contribution in [0.25, 0.3) is 10.6 Å². The largest absolute Gasteiger partial charge is 0.315 e. The van der Waals surface area contributed by atoms with Gasteiger partial charge in [-0.3, -0.25) is 4.68 Å². The summed E-state index contributed by atoms with van der Waals surface area (Å²) in [6, 6.07) is 0. The molecule has 80 valence electrons. The van der Waals surface area contributed by atoms with E-state index in [4.69, 9.17) is 0 Å². The van der Waals surface area contributed by atoms with Crippen LogP contribution in [0.1, 0.15) is 10.6 Å². The monoisotopic (exact) mass is 222 g/mol. The SMILES string of the molecule is CNCc1cnc(-c2cn(C)nc2C)s1. The van der Waals surface area contributed by atoms with Gasteiger partial charge in [0, 0.05) is 30.9 Å². The Balaban J connectivity index is 2.32. The Kier molecular flexibility index (Phi) is 2.83. The van der Waals surface area contributed by atoms with Crippen LogP contribution in [0.4, 0.5) is 0 Å². The Morgan fingerprint density at radius 3 is 2.93 bits per heavy atom. The molecule has 0 fully saturated rings. The molecule has 0 saturated carbocycles. The lowest BCUT2D eigenvalue weighted by Crippen LogP contribution is -2.02. The van der Waals surface area contributed by atoms with Crippen LogP contribution in [0.3, 0.4) is 0 Å². The van der Waals surface area contributed by atoms with Gasteiger partial charge in [0.1, 0.15) is 5.01 Å². The fourth-order valence-corrected chi connectivity index (χ4v) is 2.48. The molecule has 2 aromatic rings. The smallest absolute Gasteiger partial charge is 0.127 e. The molecule has 0 bridgehead atoms. The van der Waals surface area contributed by atoms with Gasteiger partial charge in [-0.1, -0.05) is 0 Å². The zero-order valence-corrected chi connectivity index (χ0v) is 9.93. The average molecular weight is 222 g/mol. The van der Waals surface area contributed by atoms with E-state index in [0.29, 0.717) is 0 Å². The van der Waals surface area contributed by atoms with Gasteiger partial charge in [-0.15, -0.1) is 11.3 Å². The third-order valence-corrected chi connectivity index (χ3v) is 3.18. The molecule has 0 aliphatic carbocycles. The molecule has 0 aliphatic heterocycles. The molecule has 0 saturated heterocycles. The van der Waals surface area contributed by atoms with Crippen molar-refractivity contribution in [3.63, 3.8) is 0 Å². The molecule has 0 amide bonds. The molecule has 1 N–H and O–H groups in total. The van der Waals surface area contributed by atoms with Crippen molar-refractivity contribution in [1.29, 1.82) is 0 Å². The van der Waals surface area contributed by atoms with E-state index in [0.717, 1.165) is 22.8 Å². The molecule has 5 heteroatoms. The van der Waals surface area contributed by atoms with Crippen LogP contribution in [-0.2, 0) is 13.6 Å². The summed E-state index contributed by atoms with van der Waals surface area (Å²) >= 11 is 1.71. The van der Waals surface area contributed by atoms with E-state index in [1.807, 2.05) is 38.1 Å². The summed E-state index contributed by atoms with van der Waals surface area (Å²) in [7, 11) is 3.87.